The fourth-order valence-corrected chi connectivity index (χ4v) is 3.00. The number of carboxylic acids is 1. The molecule has 1 aromatic carbocycles. The first-order chi connectivity index (χ1) is 13.5. The van der Waals surface area contributed by atoms with E-state index in [1.807, 2.05) is 6.07 Å². The highest BCUT2D eigenvalue weighted by molar-refractivity contribution is 5.77. The number of amides is 1. The first kappa shape index (κ1) is 25.0. The fraction of sp³-hybridized carbons (Fsp3) is 0.667. The number of hydrogen-bond donors (Lipinski definition) is 2. The average molecular weight is 406 g/mol. The van der Waals surface area contributed by atoms with Crippen LogP contribution in [0.2, 0.25) is 0 Å². The van der Waals surface area contributed by atoms with E-state index in [-0.39, 0.29) is 29.8 Å². The van der Waals surface area contributed by atoms with Crippen LogP contribution in [-0.2, 0) is 20.4 Å². The van der Waals surface area contributed by atoms with E-state index in [1.165, 1.54) is 5.56 Å². The molecule has 1 rings (SSSR count). The van der Waals surface area contributed by atoms with Gasteiger partial charge in [0.25, 0.3) is 5.91 Å². The van der Waals surface area contributed by atoms with Crippen molar-refractivity contribution in [3.05, 3.63) is 29.3 Å². The monoisotopic (exact) mass is 405 g/mol. The molecule has 0 fully saturated rings. The molecule has 0 aliphatic heterocycles. The van der Waals surface area contributed by atoms with Crippen LogP contribution < -0.4 is 10.1 Å². The topological polar surface area (TPSA) is 75.6 Å². The Hall–Kier alpha value is -2.04. The molecule has 0 aromatic heterocycles. The third-order valence-corrected chi connectivity index (χ3v) is 6.01. The SMILES string of the molecule is CCC(C)(C)c1ccc(OCC(=O)NCCCCCC(=O)O)c(C(C)(C)CC)c1. The summed E-state index contributed by atoms with van der Waals surface area (Å²) >= 11 is 0. The number of unbranched alkanes of at least 4 members (excludes halogenated alkanes) is 2. The van der Waals surface area contributed by atoms with Crippen LogP contribution in [0.4, 0.5) is 0 Å². The summed E-state index contributed by atoms with van der Waals surface area (Å²) in [6.07, 6.45) is 4.40. The second-order valence-electron chi connectivity index (χ2n) is 9.03. The largest absolute Gasteiger partial charge is 0.483 e. The highest BCUT2D eigenvalue weighted by atomic mass is 16.5. The molecule has 0 saturated carbocycles. The molecule has 0 aliphatic carbocycles. The molecule has 1 aromatic rings. The summed E-state index contributed by atoms with van der Waals surface area (Å²) in [5, 5.41) is 11.5. The Bertz CT molecular complexity index is 679. The molecule has 29 heavy (non-hydrogen) atoms. The van der Waals surface area contributed by atoms with E-state index < -0.39 is 5.97 Å². The summed E-state index contributed by atoms with van der Waals surface area (Å²) in [6, 6.07) is 6.34. The molecule has 0 bridgehead atoms. The second-order valence-corrected chi connectivity index (χ2v) is 9.03. The quantitative estimate of drug-likeness (QED) is 0.442. The van der Waals surface area contributed by atoms with Crippen LogP contribution in [0.5, 0.6) is 5.75 Å². The minimum Gasteiger partial charge on any atom is -0.483 e. The lowest BCUT2D eigenvalue weighted by atomic mass is 9.76. The summed E-state index contributed by atoms with van der Waals surface area (Å²) in [5.74, 6) is -0.160. The van der Waals surface area contributed by atoms with Gasteiger partial charge in [0.2, 0.25) is 0 Å². The highest BCUT2D eigenvalue weighted by Gasteiger charge is 2.26. The maximum Gasteiger partial charge on any atom is 0.303 e. The van der Waals surface area contributed by atoms with Gasteiger partial charge in [-0.25, -0.2) is 0 Å². The van der Waals surface area contributed by atoms with E-state index in [9.17, 15) is 9.59 Å². The second kappa shape index (κ2) is 11.2. The van der Waals surface area contributed by atoms with Crippen molar-refractivity contribution < 1.29 is 19.4 Å². The van der Waals surface area contributed by atoms with Crippen molar-refractivity contribution in [1.29, 1.82) is 0 Å². The summed E-state index contributed by atoms with van der Waals surface area (Å²) in [5.41, 5.74) is 2.47. The minimum absolute atomic E-state index is 0.0154. The van der Waals surface area contributed by atoms with Gasteiger partial charge < -0.3 is 15.2 Å². The lowest BCUT2D eigenvalue weighted by molar-refractivity contribution is -0.137. The van der Waals surface area contributed by atoms with Gasteiger partial charge in [-0.15, -0.1) is 0 Å². The van der Waals surface area contributed by atoms with Gasteiger partial charge in [0, 0.05) is 18.5 Å². The van der Waals surface area contributed by atoms with E-state index in [0.717, 1.165) is 37.0 Å². The number of benzene rings is 1. The van der Waals surface area contributed by atoms with Crippen molar-refractivity contribution >= 4 is 11.9 Å². The maximum absolute atomic E-state index is 12.1. The summed E-state index contributed by atoms with van der Waals surface area (Å²) in [6.45, 7) is 13.8. The average Bonchev–Trinajstić information content (AvgIpc) is 2.68. The molecule has 0 saturated heterocycles. The highest BCUT2D eigenvalue weighted by Crippen LogP contribution is 2.38. The predicted octanol–water partition coefficient (Wildman–Crippen LogP) is 5.20. The standard InChI is InChI=1S/C24H39NO4/c1-7-23(3,4)18-13-14-20(19(16-18)24(5,6)8-2)29-17-21(26)25-15-11-9-10-12-22(27)28/h13-14,16H,7-12,15,17H2,1-6H3,(H,25,26)(H,27,28). The molecule has 0 aliphatic rings. The first-order valence-corrected chi connectivity index (χ1v) is 10.8. The normalized spacial score (nSPS) is 11.9. The lowest BCUT2D eigenvalue weighted by Gasteiger charge is -2.30. The number of carbonyl (C=O) groups excluding carboxylic acids is 1. The van der Waals surface area contributed by atoms with Gasteiger partial charge in [0.15, 0.2) is 6.61 Å². The number of hydrogen-bond acceptors (Lipinski definition) is 3. The third kappa shape index (κ3) is 8.08. The number of carboxylic acid groups (broad SMARTS) is 1. The zero-order valence-electron chi connectivity index (χ0n) is 19.1. The number of rotatable bonds is 13. The van der Waals surface area contributed by atoms with E-state index in [4.69, 9.17) is 9.84 Å². The van der Waals surface area contributed by atoms with Gasteiger partial charge in [-0.1, -0.05) is 60.1 Å². The molecular formula is C24H39NO4. The minimum atomic E-state index is -0.776. The zero-order valence-corrected chi connectivity index (χ0v) is 19.1. The number of aliphatic carboxylic acids is 1. The smallest absolute Gasteiger partial charge is 0.303 e. The Balaban J connectivity index is 2.71. The molecule has 0 heterocycles. The van der Waals surface area contributed by atoms with Crippen LogP contribution in [0.3, 0.4) is 0 Å². The molecule has 2 N–H and O–H groups in total. The van der Waals surface area contributed by atoms with Crippen LogP contribution in [0, 0.1) is 0 Å². The maximum atomic E-state index is 12.1. The van der Waals surface area contributed by atoms with Gasteiger partial charge in [0.05, 0.1) is 0 Å². The zero-order chi connectivity index (χ0) is 22.1. The molecule has 5 nitrogen and oxygen atoms in total. The Morgan fingerprint density at radius 3 is 2.24 bits per heavy atom. The van der Waals surface area contributed by atoms with Crippen LogP contribution in [-0.4, -0.2) is 30.1 Å². The Kier molecular flexibility index (Phi) is 9.67. The Morgan fingerprint density at radius 2 is 1.66 bits per heavy atom. The van der Waals surface area contributed by atoms with Crippen LogP contribution in [0.15, 0.2) is 18.2 Å². The molecule has 0 spiro atoms. The molecular weight excluding hydrogens is 366 g/mol. The molecule has 0 atom stereocenters. The predicted molar refractivity (Wildman–Crippen MR) is 118 cm³/mol. The van der Waals surface area contributed by atoms with Crippen LogP contribution in [0.25, 0.3) is 0 Å². The molecule has 0 radical (unpaired) electrons. The van der Waals surface area contributed by atoms with Gasteiger partial charge >= 0.3 is 5.97 Å². The van der Waals surface area contributed by atoms with Crippen molar-refractivity contribution in [1.82, 2.24) is 5.32 Å². The lowest BCUT2D eigenvalue weighted by Crippen LogP contribution is -2.30. The molecule has 1 amide bonds. The van der Waals surface area contributed by atoms with Crippen molar-refractivity contribution in [2.75, 3.05) is 13.2 Å². The van der Waals surface area contributed by atoms with E-state index in [1.54, 1.807) is 0 Å². The summed E-state index contributed by atoms with van der Waals surface area (Å²) in [7, 11) is 0. The third-order valence-electron chi connectivity index (χ3n) is 6.01. The van der Waals surface area contributed by atoms with Crippen molar-refractivity contribution in [2.24, 2.45) is 0 Å². The van der Waals surface area contributed by atoms with Crippen molar-refractivity contribution in [2.45, 2.75) is 90.9 Å². The van der Waals surface area contributed by atoms with Gasteiger partial charge in [0.1, 0.15) is 5.75 Å². The Labute approximate surface area is 176 Å². The molecule has 0 unspecified atom stereocenters. The van der Waals surface area contributed by atoms with Crippen LogP contribution in [0.1, 0.15) is 91.2 Å². The fourth-order valence-electron chi connectivity index (χ4n) is 3.00. The van der Waals surface area contributed by atoms with Crippen LogP contribution >= 0.6 is 0 Å². The van der Waals surface area contributed by atoms with Crippen molar-refractivity contribution in [3.63, 3.8) is 0 Å². The van der Waals surface area contributed by atoms with Gasteiger partial charge in [-0.2, -0.15) is 0 Å². The first-order valence-electron chi connectivity index (χ1n) is 10.8. The molecule has 5 heteroatoms. The van der Waals surface area contributed by atoms with Crippen molar-refractivity contribution in [3.8, 4) is 5.75 Å². The van der Waals surface area contributed by atoms with E-state index in [0.29, 0.717) is 13.0 Å². The summed E-state index contributed by atoms with van der Waals surface area (Å²) < 4.78 is 5.91. The molecule has 164 valence electrons. The van der Waals surface area contributed by atoms with Gasteiger partial charge in [-0.3, -0.25) is 9.59 Å². The van der Waals surface area contributed by atoms with E-state index in [2.05, 4.69) is 59.0 Å². The van der Waals surface area contributed by atoms with E-state index >= 15 is 0 Å². The summed E-state index contributed by atoms with van der Waals surface area (Å²) in [4.78, 5) is 22.6. The number of carbonyl (C=O) groups is 2. The number of ether oxygens (including phenoxy) is 1. The van der Waals surface area contributed by atoms with Gasteiger partial charge in [-0.05, 0) is 48.1 Å². The number of nitrogens with one attached hydrogen (secondary N) is 1. The Morgan fingerprint density at radius 1 is 1.00 bits per heavy atom.